The van der Waals surface area contributed by atoms with Crippen molar-refractivity contribution in [3.8, 4) is 0 Å². The Morgan fingerprint density at radius 1 is 1.18 bits per heavy atom. The maximum absolute atomic E-state index is 7.54. The molecule has 0 fully saturated rings. The maximum atomic E-state index is 7.54. The third-order valence-electron chi connectivity index (χ3n) is 1.28. The van der Waals surface area contributed by atoms with Crippen LogP contribution in [0.3, 0.4) is 0 Å². The third-order valence-corrected chi connectivity index (χ3v) is 1.81. The molecule has 0 saturated heterocycles. The smallest absolute Gasteiger partial charge is 0.0239 e. The first kappa shape index (κ1) is 2.59. The molecule has 0 unspecified atom stereocenters. The van der Waals surface area contributed by atoms with E-state index in [9.17, 15) is 0 Å². The highest BCUT2D eigenvalue weighted by Gasteiger charge is 2.12. The second-order valence-corrected chi connectivity index (χ2v) is 3.17. The quantitative estimate of drug-likeness (QED) is 0.627. The van der Waals surface area contributed by atoms with Gasteiger partial charge in [-0.25, -0.2) is 0 Å². The van der Waals surface area contributed by atoms with Crippen molar-refractivity contribution in [2.45, 2.75) is 26.0 Å². The lowest BCUT2D eigenvalue weighted by Gasteiger charge is -2.18. The van der Waals surface area contributed by atoms with Gasteiger partial charge in [0.15, 0.2) is 0 Å². The number of hydrogen-bond donors (Lipinski definition) is 0. The Hall–Kier alpha value is -0.300. The Kier molecular flexibility index (Phi) is 0.702. The molecule has 0 spiro atoms. The minimum atomic E-state index is -3.21. The van der Waals surface area contributed by atoms with Crippen LogP contribution in [0.15, 0.2) is 28.7 Å². The van der Waals surface area contributed by atoms with Crippen molar-refractivity contribution in [2.24, 2.45) is 0 Å². The predicted octanol–water partition coefficient (Wildman–Crippen LogP) is 3.75. The van der Waals surface area contributed by atoms with Gasteiger partial charge in [0, 0.05) is 16.8 Å². The second-order valence-electron chi connectivity index (χ2n) is 2.26. The van der Waals surface area contributed by atoms with E-state index in [1.807, 2.05) is 0 Å². The van der Waals surface area contributed by atoms with Crippen molar-refractivity contribution < 1.29 is 12.3 Å². The van der Waals surface area contributed by atoms with Crippen LogP contribution in [0, 0.1) is 0 Å². The summed E-state index contributed by atoms with van der Waals surface area (Å²) in [6.07, 6.45) is 0. The van der Waals surface area contributed by atoms with Gasteiger partial charge >= 0.3 is 0 Å². The lowest BCUT2D eigenvalue weighted by atomic mass is 9.87. The molecule has 0 nitrogen and oxygen atoms in total. The van der Waals surface area contributed by atoms with Crippen LogP contribution in [0.5, 0.6) is 0 Å². The molecule has 0 radical (unpaired) electrons. The summed E-state index contributed by atoms with van der Waals surface area (Å²) < 4.78 is 68.5. The van der Waals surface area contributed by atoms with Crippen LogP contribution >= 0.6 is 15.9 Å². The van der Waals surface area contributed by atoms with E-state index in [0.717, 1.165) is 0 Å². The summed E-state index contributed by atoms with van der Waals surface area (Å²) in [5.41, 5.74) is -3.17. The van der Waals surface area contributed by atoms with Gasteiger partial charge < -0.3 is 0 Å². The molecule has 0 N–H and O–H groups in total. The molecule has 0 bridgehead atoms. The standard InChI is InChI=1S/C10H13Br/c1-10(2,3)8-4-6-9(11)7-5-8/h4-7H,1-3H3/i1D3,2D3,3D3. The van der Waals surface area contributed by atoms with Crippen LogP contribution < -0.4 is 0 Å². The molecule has 0 amide bonds. The zero-order valence-electron chi connectivity index (χ0n) is 14.7. The van der Waals surface area contributed by atoms with E-state index in [1.54, 1.807) is 0 Å². The topological polar surface area (TPSA) is 0 Å². The summed E-state index contributed by atoms with van der Waals surface area (Å²) in [6.45, 7) is -9.63. The van der Waals surface area contributed by atoms with E-state index in [2.05, 4.69) is 15.9 Å². The Morgan fingerprint density at radius 3 is 2.18 bits per heavy atom. The van der Waals surface area contributed by atoms with Crippen molar-refractivity contribution in [3.05, 3.63) is 34.3 Å². The third kappa shape index (κ3) is 2.33. The Morgan fingerprint density at radius 2 is 1.73 bits per heavy atom. The minimum absolute atomic E-state index is 0.249. The van der Waals surface area contributed by atoms with Crippen molar-refractivity contribution in [2.75, 3.05) is 0 Å². The molecule has 11 heavy (non-hydrogen) atoms. The number of benzene rings is 1. The molecule has 1 aromatic rings. The summed E-state index contributed by atoms with van der Waals surface area (Å²) >= 11 is 3.14. The van der Waals surface area contributed by atoms with Crippen LogP contribution in [0.25, 0.3) is 0 Å². The second kappa shape index (κ2) is 2.98. The highest BCUT2D eigenvalue weighted by molar-refractivity contribution is 9.10. The summed E-state index contributed by atoms with van der Waals surface area (Å²) in [6, 6.07) is 5.28. The molecule has 1 heteroatoms. The van der Waals surface area contributed by atoms with Gasteiger partial charge in [0.2, 0.25) is 0 Å². The first-order valence-corrected chi connectivity index (χ1v) is 3.80. The maximum Gasteiger partial charge on any atom is 0.0239 e. The van der Waals surface area contributed by atoms with Gasteiger partial charge in [-0.1, -0.05) is 48.6 Å². The average Bonchev–Trinajstić information content (AvgIpc) is 2.14. The van der Waals surface area contributed by atoms with Crippen molar-refractivity contribution in [3.63, 3.8) is 0 Å². The van der Waals surface area contributed by atoms with Crippen LogP contribution in [-0.4, -0.2) is 0 Å². The number of halogens is 1. The van der Waals surface area contributed by atoms with Gasteiger partial charge in [-0.2, -0.15) is 0 Å². The van der Waals surface area contributed by atoms with E-state index in [4.69, 9.17) is 12.3 Å². The van der Waals surface area contributed by atoms with Gasteiger partial charge in [0.05, 0.1) is 0 Å². The molecule has 0 atom stereocenters. The Labute approximate surface area is 89.4 Å². The molecular weight excluding hydrogens is 200 g/mol. The SMILES string of the molecule is [2H]C([2H])([2H])C(c1ccc(Br)cc1)(C([2H])([2H])[2H])C([2H])([2H])[2H]. The number of rotatable bonds is 0. The zero-order chi connectivity index (χ0) is 16.0. The van der Waals surface area contributed by atoms with Crippen LogP contribution in [0.1, 0.15) is 38.5 Å². The molecule has 0 aliphatic rings. The lowest BCUT2D eigenvalue weighted by Crippen LogP contribution is -2.10. The lowest BCUT2D eigenvalue weighted by molar-refractivity contribution is 0.590. The molecular formula is C10H13Br. The van der Waals surface area contributed by atoms with E-state index < -0.39 is 26.0 Å². The minimum Gasteiger partial charge on any atom is -0.0574 e. The number of hydrogen-bond acceptors (Lipinski definition) is 0. The predicted molar refractivity (Wildman–Crippen MR) is 52.8 cm³/mol. The summed E-state index contributed by atoms with van der Waals surface area (Å²) in [5.74, 6) is 0. The monoisotopic (exact) mass is 221 g/mol. The summed E-state index contributed by atoms with van der Waals surface area (Å²) in [4.78, 5) is 0. The van der Waals surface area contributed by atoms with Crippen LogP contribution in [0.2, 0.25) is 0 Å². The highest BCUT2D eigenvalue weighted by atomic mass is 79.9. The van der Waals surface area contributed by atoms with Crippen molar-refractivity contribution in [1.82, 2.24) is 0 Å². The fraction of sp³-hybridized carbons (Fsp3) is 0.400. The van der Waals surface area contributed by atoms with E-state index in [-0.39, 0.29) is 5.56 Å². The van der Waals surface area contributed by atoms with Crippen LogP contribution in [0.4, 0.5) is 0 Å². The Bertz CT molecular complexity index is 429. The van der Waals surface area contributed by atoms with Crippen molar-refractivity contribution >= 4 is 15.9 Å². The first-order chi connectivity index (χ1) is 8.75. The van der Waals surface area contributed by atoms with Gasteiger partial charge in [-0.05, 0) is 23.1 Å². The fourth-order valence-corrected chi connectivity index (χ4v) is 0.964. The van der Waals surface area contributed by atoms with Crippen molar-refractivity contribution in [1.29, 1.82) is 0 Å². The molecule has 1 aromatic carbocycles. The summed E-state index contributed by atoms with van der Waals surface area (Å²) in [7, 11) is 0. The molecule has 0 saturated carbocycles. The largest absolute Gasteiger partial charge is 0.0574 e. The fourth-order valence-electron chi connectivity index (χ4n) is 0.700. The summed E-state index contributed by atoms with van der Waals surface area (Å²) in [5, 5.41) is 0. The van der Waals surface area contributed by atoms with E-state index in [0.29, 0.717) is 4.47 Å². The Balaban J connectivity index is 3.77. The molecule has 0 aliphatic heterocycles. The first-order valence-electron chi connectivity index (χ1n) is 7.51. The van der Waals surface area contributed by atoms with E-state index >= 15 is 0 Å². The van der Waals surface area contributed by atoms with Crippen LogP contribution in [-0.2, 0) is 5.41 Å². The van der Waals surface area contributed by atoms with E-state index in [1.165, 1.54) is 24.3 Å². The molecule has 0 aliphatic carbocycles. The molecule has 0 heterocycles. The van der Waals surface area contributed by atoms with Gasteiger partial charge in [-0.3, -0.25) is 0 Å². The van der Waals surface area contributed by atoms with Gasteiger partial charge in [0.25, 0.3) is 0 Å². The normalized spacial score (nSPS) is 27.2. The molecule has 0 aromatic heterocycles. The highest BCUT2D eigenvalue weighted by Crippen LogP contribution is 2.23. The zero-order valence-corrected chi connectivity index (χ0v) is 7.27. The molecule has 60 valence electrons. The average molecular weight is 222 g/mol. The van der Waals surface area contributed by atoms with Gasteiger partial charge in [-0.15, -0.1) is 0 Å². The van der Waals surface area contributed by atoms with Gasteiger partial charge in [0.1, 0.15) is 0 Å². The molecule has 1 rings (SSSR count).